The van der Waals surface area contributed by atoms with E-state index in [0.717, 1.165) is 6.42 Å². The van der Waals surface area contributed by atoms with Gasteiger partial charge in [-0.3, -0.25) is 9.59 Å². The van der Waals surface area contributed by atoms with Gasteiger partial charge in [-0.1, -0.05) is 30.3 Å². The summed E-state index contributed by atoms with van der Waals surface area (Å²) in [4.78, 5) is 26.0. The molecule has 2 aromatic carbocycles. The van der Waals surface area contributed by atoms with Crippen LogP contribution in [0.1, 0.15) is 36.2 Å². The van der Waals surface area contributed by atoms with E-state index in [-0.39, 0.29) is 11.7 Å². The highest BCUT2D eigenvalue weighted by molar-refractivity contribution is 5.97. The number of nitrogens with zero attached hydrogens (tertiary/aromatic N) is 1. The van der Waals surface area contributed by atoms with Crippen LogP contribution in [0.5, 0.6) is 0 Å². The minimum absolute atomic E-state index is 0.00593. The molecular weight excluding hydrogens is 300 g/mol. The second-order valence-corrected chi connectivity index (χ2v) is 6.31. The predicted octanol–water partition coefficient (Wildman–Crippen LogP) is 3.67. The quantitative estimate of drug-likeness (QED) is 0.855. The summed E-state index contributed by atoms with van der Waals surface area (Å²) >= 11 is 0. The van der Waals surface area contributed by atoms with Gasteiger partial charge in [0.15, 0.2) is 5.78 Å². The van der Waals surface area contributed by atoms with Gasteiger partial charge in [0.05, 0.1) is 0 Å². The van der Waals surface area contributed by atoms with Crippen LogP contribution in [0.4, 0.5) is 11.4 Å². The van der Waals surface area contributed by atoms with Crippen LogP contribution in [-0.2, 0) is 11.2 Å². The highest BCUT2D eigenvalue weighted by Crippen LogP contribution is 2.31. The summed E-state index contributed by atoms with van der Waals surface area (Å²) in [6.07, 6.45) is 1.45. The number of amides is 1. The van der Waals surface area contributed by atoms with Crippen LogP contribution in [0.3, 0.4) is 0 Å². The first-order valence-corrected chi connectivity index (χ1v) is 8.30. The fraction of sp³-hybridized carbons (Fsp3) is 0.300. The zero-order valence-corrected chi connectivity index (χ0v) is 14.1. The van der Waals surface area contributed by atoms with E-state index in [1.54, 1.807) is 24.3 Å². The maximum Gasteiger partial charge on any atom is 0.226 e. The number of rotatable bonds is 5. The maximum absolute atomic E-state index is 12.2. The Kier molecular flexibility index (Phi) is 4.65. The molecule has 2 aromatic rings. The number of fused-ring (bicyclic) bond motifs is 1. The molecule has 124 valence electrons. The van der Waals surface area contributed by atoms with Gasteiger partial charge in [0, 0.05) is 35.9 Å². The molecule has 4 heteroatoms. The van der Waals surface area contributed by atoms with Gasteiger partial charge in [-0.25, -0.2) is 0 Å². The van der Waals surface area contributed by atoms with Crippen molar-refractivity contribution in [3.05, 3.63) is 59.7 Å². The highest BCUT2D eigenvalue weighted by Gasteiger charge is 2.25. The summed E-state index contributed by atoms with van der Waals surface area (Å²) < 4.78 is 0. The van der Waals surface area contributed by atoms with E-state index in [2.05, 4.69) is 35.3 Å². The van der Waals surface area contributed by atoms with Crippen LogP contribution in [-0.4, -0.2) is 24.3 Å². The van der Waals surface area contributed by atoms with Crippen LogP contribution in [0.25, 0.3) is 0 Å². The summed E-state index contributed by atoms with van der Waals surface area (Å²) in [5, 5.41) is 2.88. The smallest absolute Gasteiger partial charge is 0.226 e. The zero-order valence-electron chi connectivity index (χ0n) is 14.1. The monoisotopic (exact) mass is 322 g/mol. The van der Waals surface area contributed by atoms with E-state index < -0.39 is 0 Å². The first kappa shape index (κ1) is 16.2. The van der Waals surface area contributed by atoms with E-state index in [0.29, 0.717) is 30.3 Å². The summed E-state index contributed by atoms with van der Waals surface area (Å²) in [5.41, 5.74) is 3.86. The lowest BCUT2D eigenvalue weighted by Gasteiger charge is -2.24. The summed E-state index contributed by atoms with van der Waals surface area (Å²) in [7, 11) is 0. The number of nitrogens with one attached hydrogen (secondary N) is 1. The number of carbonyl (C=O) groups is 2. The second kappa shape index (κ2) is 6.87. The summed E-state index contributed by atoms with van der Waals surface area (Å²) in [6, 6.07) is 15.8. The van der Waals surface area contributed by atoms with Crippen molar-refractivity contribution in [2.75, 3.05) is 16.8 Å². The number of carbonyl (C=O) groups excluding carboxylic acids is 2. The average molecular weight is 322 g/mol. The number of anilines is 2. The van der Waals surface area contributed by atoms with Gasteiger partial charge in [0.1, 0.15) is 0 Å². The van der Waals surface area contributed by atoms with Gasteiger partial charge in [-0.15, -0.1) is 0 Å². The lowest BCUT2D eigenvalue weighted by atomic mass is 10.1. The summed E-state index contributed by atoms with van der Waals surface area (Å²) in [5.74, 6) is -0.0409. The number of Topliss-reactive ketones (excluding diaryl/α,β-unsaturated/α-hetero) is 1. The lowest BCUT2D eigenvalue weighted by molar-refractivity contribution is -0.116. The van der Waals surface area contributed by atoms with Gasteiger partial charge in [0.25, 0.3) is 0 Å². The first-order chi connectivity index (χ1) is 11.5. The molecule has 0 aliphatic carbocycles. The minimum atomic E-state index is -0.0349. The molecule has 0 bridgehead atoms. The highest BCUT2D eigenvalue weighted by atomic mass is 16.1. The van der Waals surface area contributed by atoms with E-state index in [9.17, 15) is 9.59 Å². The second-order valence-electron chi connectivity index (χ2n) is 6.31. The Hall–Kier alpha value is -2.62. The normalized spacial score (nSPS) is 15.9. The topological polar surface area (TPSA) is 49.4 Å². The van der Waals surface area contributed by atoms with Crippen molar-refractivity contribution in [1.29, 1.82) is 0 Å². The molecule has 0 saturated heterocycles. The van der Waals surface area contributed by atoms with Gasteiger partial charge in [-0.2, -0.15) is 0 Å². The molecule has 0 aromatic heterocycles. The molecule has 0 spiro atoms. The molecule has 0 saturated carbocycles. The van der Waals surface area contributed by atoms with Crippen molar-refractivity contribution in [1.82, 2.24) is 0 Å². The zero-order chi connectivity index (χ0) is 17.1. The number of benzene rings is 2. The van der Waals surface area contributed by atoms with Crippen molar-refractivity contribution >= 4 is 23.1 Å². The predicted molar refractivity (Wildman–Crippen MR) is 96.6 cm³/mol. The molecule has 1 aliphatic rings. The Balaban J connectivity index is 1.60. The Morgan fingerprint density at radius 3 is 2.75 bits per heavy atom. The van der Waals surface area contributed by atoms with Crippen molar-refractivity contribution < 1.29 is 9.59 Å². The maximum atomic E-state index is 12.2. The Morgan fingerprint density at radius 1 is 1.17 bits per heavy atom. The van der Waals surface area contributed by atoms with Gasteiger partial charge in [-0.05, 0) is 44.0 Å². The molecule has 0 radical (unpaired) electrons. The fourth-order valence-corrected chi connectivity index (χ4v) is 3.23. The van der Waals surface area contributed by atoms with E-state index >= 15 is 0 Å². The third-order valence-corrected chi connectivity index (χ3v) is 4.48. The van der Waals surface area contributed by atoms with Crippen LogP contribution < -0.4 is 10.2 Å². The van der Waals surface area contributed by atoms with Crippen molar-refractivity contribution in [2.24, 2.45) is 0 Å². The van der Waals surface area contributed by atoms with Crippen LogP contribution in [0, 0.1) is 0 Å². The molecule has 1 N–H and O–H groups in total. The number of para-hydroxylation sites is 1. The van der Waals surface area contributed by atoms with Crippen LogP contribution in [0.2, 0.25) is 0 Å². The van der Waals surface area contributed by atoms with Crippen molar-refractivity contribution in [2.45, 2.75) is 32.7 Å². The fourth-order valence-electron chi connectivity index (χ4n) is 3.23. The van der Waals surface area contributed by atoms with Gasteiger partial charge < -0.3 is 10.2 Å². The van der Waals surface area contributed by atoms with Crippen molar-refractivity contribution in [3.63, 3.8) is 0 Å². The molecule has 0 fully saturated rings. The SMILES string of the molecule is CC(=O)c1cccc(NC(=O)CCN2c3ccccc3CC2C)c1. The van der Waals surface area contributed by atoms with E-state index in [1.165, 1.54) is 18.2 Å². The average Bonchev–Trinajstić information content (AvgIpc) is 2.88. The molecule has 1 heterocycles. The van der Waals surface area contributed by atoms with Crippen LogP contribution >= 0.6 is 0 Å². The number of ketones is 1. The first-order valence-electron chi connectivity index (χ1n) is 8.30. The molecule has 1 atom stereocenters. The third kappa shape index (κ3) is 3.48. The molecule has 1 amide bonds. The van der Waals surface area contributed by atoms with Crippen molar-refractivity contribution in [3.8, 4) is 0 Å². The molecular formula is C20H22N2O2. The standard InChI is InChI=1S/C20H22N2O2/c1-14-12-17-6-3-4-9-19(17)22(14)11-10-20(24)21-18-8-5-7-16(13-18)15(2)23/h3-9,13-14H,10-12H2,1-2H3,(H,21,24). The number of hydrogen-bond acceptors (Lipinski definition) is 3. The van der Waals surface area contributed by atoms with Gasteiger partial charge in [0.2, 0.25) is 5.91 Å². The van der Waals surface area contributed by atoms with Crippen LogP contribution in [0.15, 0.2) is 48.5 Å². The largest absolute Gasteiger partial charge is 0.368 e. The Bertz CT molecular complexity index is 770. The molecule has 3 rings (SSSR count). The molecule has 1 aliphatic heterocycles. The molecule has 1 unspecified atom stereocenters. The van der Waals surface area contributed by atoms with Gasteiger partial charge >= 0.3 is 0 Å². The van der Waals surface area contributed by atoms with E-state index in [4.69, 9.17) is 0 Å². The molecule has 24 heavy (non-hydrogen) atoms. The van der Waals surface area contributed by atoms with E-state index in [1.807, 2.05) is 6.07 Å². The third-order valence-electron chi connectivity index (χ3n) is 4.48. The minimum Gasteiger partial charge on any atom is -0.368 e. The summed E-state index contributed by atoms with van der Waals surface area (Å²) in [6.45, 7) is 4.40. The Labute approximate surface area is 142 Å². The molecule has 4 nitrogen and oxygen atoms in total. The Morgan fingerprint density at radius 2 is 1.96 bits per heavy atom. The number of hydrogen-bond donors (Lipinski definition) is 1. The lowest BCUT2D eigenvalue weighted by Crippen LogP contribution is -2.32.